The van der Waals surface area contributed by atoms with Crippen molar-refractivity contribution in [2.45, 2.75) is 49.7 Å². The molecule has 0 bridgehead atoms. The minimum Gasteiger partial charge on any atom is -0.376 e. The number of tetrazole rings is 1. The zero-order valence-corrected chi connectivity index (χ0v) is 12.0. The van der Waals surface area contributed by atoms with E-state index < -0.39 is 0 Å². The third kappa shape index (κ3) is 3.15. The predicted octanol–water partition coefficient (Wildman–Crippen LogP) is 1.09. The highest BCUT2D eigenvalue weighted by atomic mass is 32.2. The van der Waals surface area contributed by atoms with E-state index in [1.54, 1.807) is 4.68 Å². The lowest BCUT2D eigenvalue weighted by atomic mass is 10.2. The predicted molar refractivity (Wildman–Crippen MR) is 70.0 cm³/mol. The number of rotatable bonds is 6. The van der Waals surface area contributed by atoms with Crippen molar-refractivity contribution >= 4 is 11.8 Å². The van der Waals surface area contributed by atoms with Crippen LogP contribution >= 0.6 is 11.8 Å². The summed E-state index contributed by atoms with van der Waals surface area (Å²) in [6, 6.07) is 0. The van der Waals surface area contributed by atoms with E-state index in [-0.39, 0.29) is 6.10 Å². The summed E-state index contributed by atoms with van der Waals surface area (Å²) in [5, 5.41) is 16.3. The summed E-state index contributed by atoms with van der Waals surface area (Å²) in [6.07, 6.45) is 3.16. The van der Waals surface area contributed by atoms with Crippen LogP contribution in [0.1, 0.15) is 31.5 Å². The van der Waals surface area contributed by atoms with Crippen LogP contribution in [0.15, 0.2) is 9.68 Å². The van der Waals surface area contributed by atoms with Gasteiger partial charge in [-0.15, -0.1) is 5.10 Å². The molecule has 9 heteroatoms. The summed E-state index contributed by atoms with van der Waals surface area (Å²) in [7, 11) is 0. The van der Waals surface area contributed by atoms with Gasteiger partial charge >= 0.3 is 0 Å². The molecule has 0 aliphatic carbocycles. The molecule has 2 aromatic rings. The van der Waals surface area contributed by atoms with Gasteiger partial charge in [0.1, 0.15) is 0 Å². The quantitative estimate of drug-likeness (QED) is 0.731. The molecular formula is C11H16N6O2S. The maximum atomic E-state index is 5.60. The van der Waals surface area contributed by atoms with Crippen LogP contribution in [0.4, 0.5) is 0 Å². The Bertz CT molecular complexity index is 551. The van der Waals surface area contributed by atoms with Crippen LogP contribution in [0.25, 0.3) is 0 Å². The second-order valence-corrected chi connectivity index (χ2v) is 5.47. The van der Waals surface area contributed by atoms with E-state index in [0.717, 1.165) is 36.9 Å². The van der Waals surface area contributed by atoms with Crippen molar-refractivity contribution in [1.29, 1.82) is 0 Å². The lowest BCUT2D eigenvalue weighted by molar-refractivity contribution is 0.0912. The molecule has 0 N–H and O–H groups in total. The average Bonchev–Trinajstić information content (AvgIpc) is 3.19. The zero-order valence-electron chi connectivity index (χ0n) is 11.2. The van der Waals surface area contributed by atoms with Crippen LogP contribution in [0, 0.1) is 0 Å². The second-order valence-electron chi connectivity index (χ2n) is 4.53. The number of nitrogens with zero attached hydrogens (tertiary/aromatic N) is 6. The molecule has 8 nitrogen and oxygen atoms in total. The van der Waals surface area contributed by atoms with Crippen LogP contribution in [0.3, 0.4) is 0 Å². The topological polar surface area (TPSA) is 91.8 Å². The molecule has 1 saturated heterocycles. The Morgan fingerprint density at radius 1 is 1.45 bits per heavy atom. The summed E-state index contributed by atoms with van der Waals surface area (Å²) in [5.41, 5.74) is 0. The number of thioether (sulfide) groups is 1. The zero-order chi connectivity index (χ0) is 13.8. The SMILES string of the molecule is CCc1noc(CSc2nnnn2CC2CCCO2)n1. The Hall–Kier alpha value is -1.48. The minimum absolute atomic E-state index is 0.216. The summed E-state index contributed by atoms with van der Waals surface area (Å²) in [5.74, 6) is 1.89. The molecule has 3 heterocycles. The molecule has 108 valence electrons. The van der Waals surface area contributed by atoms with Gasteiger partial charge in [0.05, 0.1) is 18.4 Å². The third-order valence-corrected chi connectivity index (χ3v) is 3.99. The van der Waals surface area contributed by atoms with E-state index >= 15 is 0 Å². The first-order valence-electron chi connectivity index (χ1n) is 6.67. The van der Waals surface area contributed by atoms with E-state index in [4.69, 9.17) is 9.26 Å². The first-order valence-corrected chi connectivity index (χ1v) is 7.65. The van der Waals surface area contributed by atoms with E-state index in [0.29, 0.717) is 18.2 Å². The van der Waals surface area contributed by atoms with Gasteiger partial charge in [-0.05, 0) is 23.3 Å². The fourth-order valence-corrected chi connectivity index (χ4v) is 2.74. The van der Waals surface area contributed by atoms with Crippen molar-refractivity contribution in [3.8, 4) is 0 Å². The molecule has 1 aliphatic rings. The van der Waals surface area contributed by atoms with Gasteiger partial charge in [0, 0.05) is 13.0 Å². The van der Waals surface area contributed by atoms with Gasteiger partial charge < -0.3 is 9.26 Å². The monoisotopic (exact) mass is 296 g/mol. The second kappa shape index (κ2) is 6.31. The minimum atomic E-state index is 0.216. The van der Waals surface area contributed by atoms with E-state index in [1.165, 1.54) is 11.8 Å². The first-order chi connectivity index (χ1) is 9.85. The van der Waals surface area contributed by atoms with Gasteiger partial charge in [-0.3, -0.25) is 0 Å². The Morgan fingerprint density at radius 3 is 3.15 bits per heavy atom. The number of aryl methyl sites for hydroxylation is 1. The van der Waals surface area contributed by atoms with Crippen LogP contribution < -0.4 is 0 Å². The van der Waals surface area contributed by atoms with Crippen molar-refractivity contribution < 1.29 is 9.26 Å². The van der Waals surface area contributed by atoms with Crippen molar-refractivity contribution in [3.63, 3.8) is 0 Å². The highest BCUT2D eigenvalue weighted by molar-refractivity contribution is 7.98. The summed E-state index contributed by atoms with van der Waals surface area (Å²) < 4.78 is 12.5. The molecule has 0 amide bonds. The summed E-state index contributed by atoms with van der Waals surface area (Å²) >= 11 is 1.49. The number of aromatic nitrogens is 6. The molecule has 20 heavy (non-hydrogen) atoms. The lowest BCUT2D eigenvalue weighted by Crippen LogP contribution is -2.16. The Labute approximate surface area is 120 Å². The van der Waals surface area contributed by atoms with E-state index in [9.17, 15) is 0 Å². The third-order valence-electron chi connectivity index (χ3n) is 3.05. The standard InChI is InChI=1S/C11H16N6O2S/c1-2-9-12-10(19-14-9)7-20-11-13-15-16-17(11)6-8-4-3-5-18-8/h8H,2-7H2,1H3. The van der Waals surface area contributed by atoms with Gasteiger partial charge in [-0.25, -0.2) is 4.68 Å². The van der Waals surface area contributed by atoms with Crippen molar-refractivity contribution in [1.82, 2.24) is 30.3 Å². The smallest absolute Gasteiger partial charge is 0.237 e. The molecule has 1 aliphatic heterocycles. The maximum absolute atomic E-state index is 5.60. The molecule has 0 spiro atoms. The van der Waals surface area contributed by atoms with Crippen molar-refractivity contribution in [2.24, 2.45) is 0 Å². The first kappa shape index (κ1) is 13.5. The highest BCUT2D eigenvalue weighted by Gasteiger charge is 2.19. The van der Waals surface area contributed by atoms with E-state index in [2.05, 4.69) is 25.7 Å². The summed E-state index contributed by atoms with van der Waals surface area (Å²) in [6.45, 7) is 3.51. The normalized spacial score (nSPS) is 18.8. The largest absolute Gasteiger partial charge is 0.376 e. The molecule has 3 rings (SSSR count). The number of ether oxygens (including phenoxy) is 1. The fraction of sp³-hybridized carbons (Fsp3) is 0.727. The van der Waals surface area contributed by atoms with Crippen molar-refractivity contribution in [3.05, 3.63) is 11.7 Å². The maximum Gasteiger partial charge on any atom is 0.237 e. The Kier molecular flexibility index (Phi) is 4.26. The van der Waals surface area contributed by atoms with Gasteiger partial charge in [0.15, 0.2) is 5.82 Å². The molecule has 0 saturated carbocycles. The molecule has 1 fully saturated rings. The average molecular weight is 296 g/mol. The fourth-order valence-electron chi connectivity index (χ4n) is 2.01. The van der Waals surface area contributed by atoms with Crippen LogP contribution in [-0.2, 0) is 23.5 Å². The molecule has 0 aromatic carbocycles. The molecule has 1 atom stereocenters. The molecule has 0 radical (unpaired) electrons. The van der Waals surface area contributed by atoms with Gasteiger partial charge in [-0.2, -0.15) is 4.98 Å². The van der Waals surface area contributed by atoms with Crippen LogP contribution in [-0.4, -0.2) is 43.1 Å². The van der Waals surface area contributed by atoms with Gasteiger partial charge in [0.2, 0.25) is 11.0 Å². The van der Waals surface area contributed by atoms with Gasteiger partial charge in [-0.1, -0.05) is 23.8 Å². The van der Waals surface area contributed by atoms with Gasteiger partial charge in [0.25, 0.3) is 0 Å². The number of hydrogen-bond donors (Lipinski definition) is 0. The lowest BCUT2D eigenvalue weighted by Gasteiger charge is -2.09. The molecular weight excluding hydrogens is 280 g/mol. The van der Waals surface area contributed by atoms with Crippen molar-refractivity contribution in [2.75, 3.05) is 6.61 Å². The summed E-state index contributed by atoms with van der Waals surface area (Å²) in [4.78, 5) is 4.26. The number of hydrogen-bond acceptors (Lipinski definition) is 8. The van der Waals surface area contributed by atoms with E-state index in [1.807, 2.05) is 6.92 Å². The Balaban J connectivity index is 1.58. The Morgan fingerprint density at radius 2 is 2.40 bits per heavy atom. The highest BCUT2D eigenvalue weighted by Crippen LogP contribution is 2.21. The molecule has 2 aromatic heterocycles. The molecule has 1 unspecified atom stereocenters. The van der Waals surface area contributed by atoms with Crippen LogP contribution in [0.5, 0.6) is 0 Å². The van der Waals surface area contributed by atoms with Crippen LogP contribution in [0.2, 0.25) is 0 Å².